The number of aryl methyl sites for hydroxylation is 1. The zero-order valence-electron chi connectivity index (χ0n) is 19.4. The number of thioether (sulfide) groups is 1. The summed E-state index contributed by atoms with van der Waals surface area (Å²) in [4.78, 5) is 8.04. The van der Waals surface area contributed by atoms with Crippen molar-refractivity contribution in [1.29, 1.82) is 5.26 Å². The van der Waals surface area contributed by atoms with Crippen molar-refractivity contribution in [3.8, 4) is 6.19 Å². The Morgan fingerprint density at radius 3 is 1.94 bits per heavy atom. The number of benzene rings is 3. The predicted octanol–water partition coefficient (Wildman–Crippen LogP) is 5.58. The molecule has 176 valence electrons. The summed E-state index contributed by atoms with van der Waals surface area (Å²) in [5.41, 5.74) is 2.57. The van der Waals surface area contributed by atoms with Crippen molar-refractivity contribution >= 4 is 16.9 Å². The number of nitrogens with one attached hydrogen (secondary N) is 1. The smallest absolute Gasteiger partial charge is 0.290 e. The van der Waals surface area contributed by atoms with Gasteiger partial charge in [0.15, 0.2) is 5.17 Å². The van der Waals surface area contributed by atoms with Crippen LogP contribution in [-0.4, -0.2) is 27.5 Å². The third-order valence-corrected chi connectivity index (χ3v) is 6.50. The Kier molecular flexibility index (Phi) is 7.96. The Balaban J connectivity index is 1.76. The molecule has 1 N–H and O–H groups in total. The molecule has 0 spiro atoms. The molecular formula is C28H26FN5S. The van der Waals surface area contributed by atoms with Gasteiger partial charge in [-0.3, -0.25) is 4.57 Å². The molecule has 4 aromatic rings. The molecule has 35 heavy (non-hydrogen) atoms. The van der Waals surface area contributed by atoms with Crippen molar-refractivity contribution < 1.29 is 4.39 Å². The van der Waals surface area contributed by atoms with E-state index in [1.807, 2.05) is 103 Å². The Labute approximate surface area is 209 Å². The van der Waals surface area contributed by atoms with Gasteiger partial charge >= 0.3 is 0 Å². The second-order valence-corrected chi connectivity index (χ2v) is 8.73. The Hall–Kier alpha value is -3.89. The Morgan fingerprint density at radius 1 is 0.971 bits per heavy atom. The van der Waals surface area contributed by atoms with Crippen LogP contribution in [0.1, 0.15) is 28.8 Å². The third kappa shape index (κ3) is 5.13. The van der Waals surface area contributed by atoms with E-state index in [1.54, 1.807) is 10.8 Å². The average Bonchev–Trinajstić information content (AvgIpc) is 3.28. The molecule has 1 aromatic heterocycles. The minimum absolute atomic E-state index is 0.541. The summed E-state index contributed by atoms with van der Waals surface area (Å²) < 4.78 is 17.4. The number of imidazole rings is 1. The second-order valence-electron chi connectivity index (χ2n) is 7.93. The molecular weight excluding hydrogens is 457 g/mol. The third-order valence-electron chi connectivity index (χ3n) is 5.88. The monoisotopic (exact) mass is 483 g/mol. The van der Waals surface area contributed by atoms with Gasteiger partial charge in [0, 0.05) is 12.7 Å². The zero-order valence-corrected chi connectivity index (χ0v) is 20.3. The van der Waals surface area contributed by atoms with E-state index in [9.17, 15) is 0 Å². The summed E-state index contributed by atoms with van der Waals surface area (Å²) >= 11 is 1.38. The largest absolute Gasteiger partial charge is 0.364 e. The minimum atomic E-state index is -0.928. The first kappa shape index (κ1) is 24.2. The highest BCUT2D eigenvalue weighted by molar-refractivity contribution is 8.13. The fourth-order valence-electron chi connectivity index (χ4n) is 4.38. The van der Waals surface area contributed by atoms with Crippen LogP contribution in [-0.2, 0) is 12.0 Å². The number of halogens is 1. The molecule has 0 atom stereocenters. The first-order valence-electron chi connectivity index (χ1n) is 11.4. The number of nitrogens with zero attached hydrogens (tertiary/aromatic N) is 4. The van der Waals surface area contributed by atoms with Crippen LogP contribution in [0.15, 0.2) is 102 Å². The maximum atomic E-state index is 15.7. The van der Waals surface area contributed by atoms with Crippen molar-refractivity contribution in [3.05, 3.63) is 126 Å². The molecule has 0 amide bonds. The van der Waals surface area contributed by atoms with E-state index >= 15 is 4.39 Å². The first-order chi connectivity index (χ1) is 17.2. The Bertz CT molecular complexity index is 1200. The second kappa shape index (κ2) is 11.5. The molecule has 0 radical (unpaired) electrons. The fourth-order valence-corrected chi connectivity index (χ4v) is 4.76. The van der Waals surface area contributed by atoms with E-state index in [-0.39, 0.29) is 0 Å². The van der Waals surface area contributed by atoms with Gasteiger partial charge in [0.05, 0.1) is 5.69 Å². The van der Waals surface area contributed by atoms with E-state index in [1.165, 1.54) is 11.8 Å². The van der Waals surface area contributed by atoms with E-state index in [0.717, 1.165) is 23.1 Å². The molecule has 0 bridgehead atoms. The molecule has 0 saturated heterocycles. The highest BCUT2D eigenvalue weighted by atomic mass is 32.2. The summed E-state index contributed by atoms with van der Waals surface area (Å²) in [7, 11) is 0. The fraction of sp³-hybridized carbons (Fsp3) is 0.179. The van der Waals surface area contributed by atoms with Gasteiger partial charge in [-0.1, -0.05) is 103 Å². The minimum Gasteiger partial charge on any atom is -0.364 e. The van der Waals surface area contributed by atoms with Gasteiger partial charge in [-0.05, 0) is 35.8 Å². The topological polar surface area (TPSA) is 66.0 Å². The van der Waals surface area contributed by atoms with Crippen LogP contribution in [0.5, 0.6) is 0 Å². The van der Waals surface area contributed by atoms with Crippen LogP contribution in [0.25, 0.3) is 0 Å². The number of amidine groups is 1. The molecule has 4 rings (SSSR count). The molecule has 5 nitrogen and oxygen atoms in total. The molecule has 7 heteroatoms. The van der Waals surface area contributed by atoms with Crippen molar-refractivity contribution in [2.24, 2.45) is 4.99 Å². The van der Waals surface area contributed by atoms with Gasteiger partial charge in [-0.15, -0.1) is 4.99 Å². The number of hydrogen-bond donors (Lipinski definition) is 1. The van der Waals surface area contributed by atoms with Gasteiger partial charge in [-0.2, -0.15) is 9.65 Å². The van der Waals surface area contributed by atoms with Crippen LogP contribution >= 0.6 is 11.8 Å². The number of hydrogen-bond acceptors (Lipinski definition) is 4. The molecule has 3 aromatic carbocycles. The van der Waals surface area contributed by atoms with Crippen molar-refractivity contribution in [2.45, 2.75) is 18.4 Å². The van der Waals surface area contributed by atoms with Crippen molar-refractivity contribution in [2.75, 3.05) is 12.8 Å². The Morgan fingerprint density at radius 2 is 1.49 bits per heavy atom. The van der Waals surface area contributed by atoms with Crippen molar-refractivity contribution in [3.63, 3.8) is 0 Å². The van der Waals surface area contributed by atoms with Gasteiger partial charge < -0.3 is 5.32 Å². The number of aliphatic imine (C=N–C) groups is 1. The standard InChI is InChI=1S/C28H26FN5S/c1-35-27(32-21-30)31-19-11-18-25-20-34(26(29)33-25)28(22-12-5-2-6-13-22,23-14-7-3-8-15-23)24-16-9-4-10-17-24/h2-10,12-17,20H,11,18-19H2,1H3,(H,31,32). The molecule has 0 fully saturated rings. The van der Waals surface area contributed by atoms with Gasteiger partial charge in [0.1, 0.15) is 5.54 Å². The highest BCUT2D eigenvalue weighted by Crippen LogP contribution is 2.41. The molecule has 0 unspecified atom stereocenters. The van der Waals surface area contributed by atoms with Crippen LogP contribution in [0, 0.1) is 17.5 Å². The maximum Gasteiger partial charge on any atom is 0.290 e. The summed E-state index contributed by atoms with van der Waals surface area (Å²) in [6, 6.07) is 29.9. The van der Waals surface area contributed by atoms with E-state index < -0.39 is 11.6 Å². The van der Waals surface area contributed by atoms with Crippen LogP contribution in [0.3, 0.4) is 0 Å². The molecule has 0 saturated carbocycles. The van der Waals surface area contributed by atoms with E-state index in [0.29, 0.717) is 23.8 Å². The molecule has 1 heterocycles. The number of nitriles is 1. The molecule has 0 aliphatic heterocycles. The van der Waals surface area contributed by atoms with Crippen molar-refractivity contribution in [1.82, 2.24) is 14.9 Å². The lowest BCUT2D eigenvalue weighted by Gasteiger charge is -2.37. The van der Waals surface area contributed by atoms with E-state index in [2.05, 4.69) is 15.3 Å². The van der Waals surface area contributed by atoms with Crippen LogP contribution in [0.4, 0.5) is 4.39 Å². The molecule has 0 aliphatic carbocycles. The van der Waals surface area contributed by atoms with E-state index in [4.69, 9.17) is 5.26 Å². The summed E-state index contributed by atoms with van der Waals surface area (Å²) in [6.45, 7) is 0.608. The maximum absolute atomic E-state index is 15.7. The lowest BCUT2D eigenvalue weighted by Crippen LogP contribution is -2.38. The summed E-state index contributed by atoms with van der Waals surface area (Å²) in [5, 5.41) is 12.5. The summed E-state index contributed by atoms with van der Waals surface area (Å²) in [5.74, 6) is 0. The van der Waals surface area contributed by atoms with Gasteiger partial charge in [0.25, 0.3) is 6.08 Å². The van der Waals surface area contributed by atoms with Crippen LogP contribution in [0.2, 0.25) is 0 Å². The normalized spacial score (nSPS) is 11.7. The zero-order chi connectivity index (χ0) is 24.5. The lowest BCUT2D eigenvalue weighted by atomic mass is 9.76. The predicted molar refractivity (Wildman–Crippen MR) is 140 cm³/mol. The number of rotatable bonds is 8. The van der Waals surface area contributed by atoms with Gasteiger partial charge in [0.2, 0.25) is 6.19 Å². The van der Waals surface area contributed by atoms with Gasteiger partial charge in [-0.25, -0.2) is 4.98 Å². The molecule has 0 aliphatic rings. The lowest BCUT2D eigenvalue weighted by molar-refractivity contribution is 0.397. The summed E-state index contributed by atoms with van der Waals surface area (Å²) in [6.07, 6.45) is 6.23. The first-order valence-corrected chi connectivity index (χ1v) is 12.6. The highest BCUT2D eigenvalue weighted by Gasteiger charge is 2.40. The van der Waals surface area contributed by atoms with Crippen LogP contribution < -0.4 is 5.32 Å². The average molecular weight is 484 g/mol. The quantitative estimate of drug-likeness (QED) is 0.117. The SMILES string of the molecule is CSC(=NC#N)NCCCc1cn(C(c2ccccc2)(c2ccccc2)c2ccccc2)c(F)n1. The number of aromatic nitrogens is 2.